The van der Waals surface area contributed by atoms with Gasteiger partial charge in [-0.05, 0) is 45.4 Å². The number of hydrogen-bond donors (Lipinski definition) is 1. The van der Waals surface area contributed by atoms with Crippen molar-refractivity contribution in [3.63, 3.8) is 0 Å². The number of fused-ring (bicyclic) bond motifs is 1. The number of pyridine rings is 1. The molecular formula is C20H27ClN4O3. The molecule has 8 heteroatoms. The van der Waals surface area contributed by atoms with Crippen LogP contribution < -0.4 is 0 Å². The van der Waals surface area contributed by atoms with Gasteiger partial charge >= 0.3 is 0 Å². The number of aliphatic hydroxyl groups excluding tert-OH is 1. The van der Waals surface area contributed by atoms with Gasteiger partial charge in [0.2, 0.25) is 0 Å². The Morgan fingerprint density at radius 2 is 2.07 bits per heavy atom. The molecule has 152 valence electrons. The lowest BCUT2D eigenvalue weighted by Crippen LogP contribution is -2.48. The van der Waals surface area contributed by atoms with E-state index in [1.807, 2.05) is 35.4 Å². The van der Waals surface area contributed by atoms with Crippen molar-refractivity contribution in [2.75, 3.05) is 26.2 Å². The van der Waals surface area contributed by atoms with Gasteiger partial charge in [-0.25, -0.2) is 4.98 Å². The number of carbonyl (C=O) groups is 1. The Kier molecular flexibility index (Phi) is 5.60. The summed E-state index contributed by atoms with van der Waals surface area (Å²) >= 11 is 6.22. The number of nitrogens with zero attached hydrogens (tertiary/aromatic N) is 4. The number of imidazole rings is 1. The first-order chi connectivity index (χ1) is 13.5. The molecule has 0 aromatic carbocycles. The minimum atomic E-state index is -0.0726. The van der Waals surface area contributed by atoms with Crippen LogP contribution in [0.15, 0.2) is 18.3 Å². The van der Waals surface area contributed by atoms with Crippen LogP contribution in [-0.2, 0) is 11.3 Å². The van der Waals surface area contributed by atoms with E-state index in [0.29, 0.717) is 36.0 Å². The van der Waals surface area contributed by atoms with E-state index < -0.39 is 0 Å². The molecule has 28 heavy (non-hydrogen) atoms. The first-order valence-corrected chi connectivity index (χ1v) is 10.3. The molecule has 2 fully saturated rings. The van der Waals surface area contributed by atoms with Crippen LogP contribution in [0.3, 0.4) is 0 Å². The molecule has 4 rings (SSSR count). The maximum absolute atomic E-state index is 13.4. The largest absolute Gasteiger partial charge is 0.395 e. The molecule has 1 N–H and O–H groups in total. The first-order valence-electron chi connectivity index (χ1n) is 9.92. The zero-order chi connectivity index (χ0) is 19.8. The molecule has 1 amide bonds. The molecule has 0 bridgehead atoms. The van der Waals surface area contributed by atoms with Crippen molar-refractivity contribution in [2.24, 2.45) is 0 Å². The van der Waals surface area contributed by atoms with Crippen molar-refractivity contribution in [1.29, 1.82) is 0 Å². The SMILES string of the molecule is C[C@@H]1CN(C(=O)c2nc3ccc(Cl)cn3c2CN2CCC[C@H]2CO)C[C@H](C)O1. The topological polar surface area (TPSA) is 70.3 Å². The maximum Gasteiger partial charge on any atom is 0.274 e. The second-order valence-corrected chi connectivity index (χ2v) is 8.34. The Morgan fingerprint density at radius 1 is 1.32 bits per heavy atom. The standard InChI is InChI=1S/C20H27ClN4O3/c1-13-8-24(9-14(2)28-13)20(27)19-17(11-23-7-3-4-16(23)12-26)25-10-15(21)5-6-18(25)22-19/h5-6,10,13-14,16,26H,3-4,7-9,11-12H2,1-2H3/t13-,14+,16-/m0/s1. The van der Waals surface area contributed by atoms with Crippen LogP contribution in [-0.4, -0.2) is 74.7 Å². The van der Waals surface area contributed by atoms with E-state index in [1.54, 1.807) is 6.07 Å². The summed E-state index contributed by atoms with van der Waals surface area (Å²) < 4.78 is 7.68. The molecule has 4 heterocycles. The van der Waals surface area contributed by atoms with Crippen LogP contribution in [0.25, 0.3) is 5.65 Å². The molecule has 2 saturated heterocycles. The molecule has 0 spiro atoms. The van der Waals surface area contributed by atoms with Crippen LogP contribution >= 0.6 is 11.6 Å². The highest BCUT2D eigenvalue weighted by Gasteiger charge is 2.32. The summed E-state index contributed by atoms with van der Waals surface area (Å²) in [4.78, 5) is 22.1. The van der Waals surface area contributed by atoms with Gasteiger partial charge in [0.25, 0.3) is 5.91 Å². The molecular weight excluding hydrogens is 380 g/mol. The number of likely N-dealkylation sites (tertiary alicyclic amines) is 1. The van der Waals surface area contributed by atoms with E-state index in [9.17, 15) is 9.90 Å². The van der Waals surface area contributed by atoms with Crippen LogP contribution in [0.4, 0.5) is 0 Å². The number of aromatic nitrogens is 2. The van der Waals surface area contributed by atoms with E-state index in [2.05, 4.69) is 9.88 Å². The number of amides is 1. The fourth-order valence-electron chi connectivity index (χ4n) is 4.39. The highest BCUT2D eigenvalue weighted by atomic mass is 35.5. The number of ether oxygens (including phenoxy) is 1. The third kappa shape index (κ3) is 3.76. The fraction of sp³-hybridized carbons (Fsp3) is 0.600. The molecule has 2 aliphatic rings. The quantitative estimate of drug-likeness (QED) is 0.842. The van der Waals surface area contributed by atoms with Gasteiger partial charge < -0.3 is 19.1 Å². The fourth-order valence-corrected chi connectivity index (χ4v) is 4.55. The highest BCUT2D eigenvalue weighted by Crippen LogP contribution is 2.25. The zero-order valence-corrected chi connectivity index (χ0v) is 17.1. The number of halogens is 1. The maximum atomic E-state index is 13.4. The lowest BCUT2D eigenvalue weighted by atomic mass is 10.2. The minimum absolute atomic E-state index is 0.0000210. The van der Waals surface area contributed by atoms with E-state index in [0.717, 1.165) is 25.1 Å². The number of rotatable bonds is 4. The zero-order valence-electron chi connectivity index (χ0n) is 16.3. The predicted molar refractivity (Wildman–Crippen MR) is 107 cm³/mol. The predicted octanol–water partition coefficient (Wildman–Crippen LogP) is 2.19. The number of carbonyl (C=O) groups excluding carboxylic acids is 1. The van der Waals surface area contributed by atoms with Gasteiger partial charge in [-0.15, -0.1) is 0 Å². The van der Waals surface area contributed by atoms with Crippen molar-refractivity contribution in [3.8, 4) is 0 Å². The number of hydrogen-bond acceptors (Lipinski definition) is 5. The second-order valence-electron chi connectivity index (χ2n) is 7.90. The Labute approximate surface area is 169 Å². The molecule has 0 aliphatic carbocycles. The lowest BCUT2D eigenvalue weighted by Gasteiger charge is -2.35. The van der Waals surface area contributed by atoms with Gasteiger partial charge in [-0.3, -0.25) is 9.69 Å². The minimum Gasteiger partial charge on any atom is -0.395 e. The molecule has 0 radical (unpaired) electrons. The molecule has 7 nitrogen and oxygen atoms in total. The van der Waals surface area contributed by atoms with E-state index in [1.165, 1.54) is 0 Å². The van der Waals surface area contributed by atoms with Gasteiger partial charge in [0.1, 0.15) is 5.65 Å². The number of aliphatic hydroxyl groups is 1. The van der Waals surface area contributed by atoms with Crippen molar-refractivity contribution in [2.45, 2.75) is 51.5 Å². The van der Waals surface area contributed by atoms with Gasteiger partial charge in [-0.1, -0.05) is 11.6 Å². The summed E-state index contributed by atoms with van der Waals surface area (Å²) in [7, 11) is 0. The average Bonchev–Trinajstić information content (AvgIpc) is 3.25. The summed E-state index contributed by atoms with van der Waals surface area (Å²) in [6.07, 6.45) is 3.82. The molecule has 3 atom stereocenters. The lowest BCUT2D eigenvalue weighted by molar-refractivity contribution is -0.0587. The Morgan fingerprint density at radius 3 is 2.79 bits per heavy atom. The van der Waals surface area contributed by atoms with E-state index in [4.69, 9.17) is 16.3 Å². The van der Waals surface area contributed by atoms with Crippen molar-refractivity contribution in [3.05, 3.63) is 34.7 Å². The second kappa shape index (κ2) is 7.99. The normalized spacial score (nSPS) is 26.3. The summed E-state index contributed by atoms with van der Waals surface area (Å²) in [6, 6.07) is 3.74. The van der Waals surface area contributed by atoms with Crippen molar-refractivity contribution in [1.82, 2.24) is 19.2 Å². The van der Waals surface area contributed by atoms with Crippen molar-refractivity contribution >= 4 is 23.2 Å². The Hall–Kier alpha value is -1.67. The van der Waals surface area contributed by atoms with Gasteiger partial charge in [0, 0.05) is 31.9 Å². The summed E-state index contributed by atoms with van der Waals surface area (Å²) in [5, 5.41) is 10.3. The summed E-state index contributed by atoms with van der Waals surface area (Å²) in [6.45, 7) is 6.66. The summed E-state index contributed by atoms with van der Waals surface area (Å²) in [5.74, 6) is -0.0726. The van der Waals surface area contributed by atoms with Gasteiger partial charge in [0.15, 0.2) is 5.69 Å². The highest BCUT2D eigenvalue weighted by molar-refractivity contribution is 6.30. The monoisotopic (exact) mass is 406 g/mol. The first kappa shape index (κ1) is 19.6. The molecule has 0 saturated carbocycles. The molecule has 2 aromatic heterocycles. The third-order valence-electron chi connectivity index (χ3n) is 5.65. The van der Waals surface area contributed by atoms with Crippen LogP contribution in [0.2, 0.25) is 5.02 Å². The summed E-state index contributed by atoms with van der Waals surface area (Å²) in [5.41, 5.74) is 2.00. The molecule has 2 aliphatic heterocycles. The van der Waals surface area contributed by atoms with E-state index >= 15 is 0 Å². The third-order valence-corrected chi connectivity index (χ3v) is 5.88. The molecule has 2 aromatic rings. The Bertz CT molecular complexity index is 860. The van der Waals surface area contributed by atoms with Gasteiger partial charge in [0.05, 0.1) is 29.5 Å². The molecule has 0 unspecified atom stereocenters. The Balaban J connectivity index is 1.71. The van der Waals surface area contributed by atoms with Crippen LogP contribution in [0.1, 0.15) is 42.9 Å². The van der Waals surface area contributed by atoms with Crippen LogP contribution in [0.5, 0.6) is 0 Å². The average molecular weight is 407 g/mol. The van der Waals surface area contributed by atoms with Gasteiger partial charge in [-0.2, -0.15) is 0 Å². The number of morpholine rings is 1. The van der Waals surface area contributed by atoms with E-state index in [-0.39, 0.29) is 30.8 Å². The smallest absolute Gasteiger partial charge is 0.274 e. The van der Waals surface area contributed by atoms with Crippen molar-refractivity contribution < 1.29 is 14.6 Å². The van der Waals surface area contributed by atoms with Crippen LogP contribution in [0, 0.1) is 0 Å².